The van der Waals surface area contributed by atoms with E-state index in [0.29, 0.717) is 15.8 Å². The van der Waals surface area contributed by atoms with E-state index in [9.17, 15) is 4.79 Å². The molecule has 0 unspecified atom stereocenters. The summed E-state index contributed by atoms with van der Waals surface area (Å²) in [6.45, 7) is 5.57. The molecule has 2 aromatic rings. The van der Waals surface area contributed by atoms with Gasteiger partial charge in [0.2, 0.25) is 0 Å². The molecule has 0 saturated carbocycles. The third-order valence-electron chi connectivity index (χ3n) is 3.30. The monoisotopic (exact) mass is 337 g/mol. The van der Waals surface area contributed by atoms with E-state index in [2.05, 4.69) is 5.32 Å². The summed E-state index contributed by atoms with van der Waals surface area (Å²) in [4.78, 5) is 12.3. The summed E-state index contributed by atoms with van der Waals surface area (Å²) in [7, 11) is 0. The molecule has 5 heteroatoms. The molecule has 3 nitrogen and oxygen atoms in total. The lowest BCUT2D eigenvalue weighted by molar-refractivity contribution is -0.122. The summed E-state index contributed by atoms with van der Waals surface area (Å²) in [5.41, 5.74) is 2.82. The number of rotatable bonds is 4. The summed E-state index contributed by atoms with van der Waals surface area (Å²) in [6, 6.07) is 10.7. The van der Waals surface area contributed by atoms with E-state index in [0.717, 1.165) is 16.8 Å². The van der Waals surface area contributed by atoms with Crippen molar-refractivity contribution < 1.29 is 9.53 Å². The molecule has 1 N–H and O–H groups in total. The highest BCUT2D eigenvalue weighted by molar-refractivity contribution is 6.35. The third kappa shape index (κ3) is 3.93. The number of ether oxygens (including phenoxy) is 1. The second kappa shape index (κ2) is 7.03. The van der Waals surface area contributed by atoms with Crippen molar-refractivity contribution in [1.82, 2.24) is 0 Å². The third-order valence-corrected chi connectivity index (χ3v) is 3.83. The molecule has 0 aliphatic carbocycles. The Balaban J connectivity index is 2.09. The Bertz CT molecular complexity index is 681. The second-order valence-corrected chi connectivity index (χ2v) is 5.93. The summed E-state index contributed by atoms with van der Waals surface area (Å²) < 4.78 is 5.61. The van der Waals surface area contributed by atoms with Gasteiger partial charge >= 0.3 is 0 Å². The second-order valence-electron chi connectivity index (χ2n) is 5.09. The Kier molecular flexibility index (Phi) is 5.33. The molecule has 22 heavy (non-hydrogen) atoms. The van der Waals surface area contributed by atoms with Crippen LogP contribution in [0.5, 0.6) is 5.75 Å². The van der Waals surface area contributed by atoms with Crippen LogP contribution in [0, 0.1) is 13.8 Å². The summed E-state index contributed by atoms with van der Waals surface area (Å²) >= 11 is 11.9. The fourth-order valence-corrected chi connectivity index (χ4v) is 2.50. The van der Waals surface area contributed by atoms with Gasteiger partial charge in [-0.15, -0.1) is 0 Å². The van der Waals surface area contributed by atoms with Gasteiger partial charge in [-0.1, -0.05) is 41.4 Å². The zero-order valence-corrected chi connectivity index (χ0v) is 14.1. The average molecular weight is 338 g/mol. The molecule has 0 heterocycles. The van der Waals surface area contributed by atoms with Gasteiger partial charge in [0.15, 0.2) is 6.10 Å². The number of anilines is 1. The van der Waals surface area contributed by atoms with Crippen molar-refractivity contribution in [3.8, 4) is 5.75 Å². The number of carbonyl (C=O) groups excluding carboxylic acids is 1. The lowest BCUT2D eigenvalue weighted by Gasteiger charge is -2.17. The molecule has 0 radical (unpaired) electrons. The van der Waals surface area contributed by atoms with Gasteiger partial charge in [0.05, 0.1) is 5.02 Å². The molecule has 116 valence electrons. The van der Waals surface area contributed by atoms with Crippen LogP contribution in [0.15, 0.2) is 36.4 Å². The van der Waals surface area contributed by atoms with Crippen molar-refractivity contribution >= 4 is 34.8 Å². The van der Waals surface area contributed by atoms with Gasteiger partial charge in [-0.25, -0.2) is 0 Å². The molecule has 0 aliphatic heterocycles. The zero-order valence-electron chi connectivity index (χ0n) is 12.6. The maximum atomic E-state index is 12.3. The van der Waals surface area contributed by atoms with Crippen molar-refractivity contribution in [3.05, 3.63) is 57.6 Å². The topological polar surface area (TPSA) is 38.3 Å². The molecule has 0 aliphatic rings. The van der Waals surface area contributed by atoms with E-state index < -0.39 is 6.10 Å². The predicted octanol–water partition coefficient (Wildman–Crippen LogP) is 5.02. The van der Waals surface area contributed by atoms with Crippen LogP contribution >= 0.6 is 23.2 Å². The van der Waals surface area contributed by atoms with E-state index in [1.54, 1.807) is 25.1 Å². The van der Waals surface area contributed by atoms with E-state index in [1.807, 2.05) is 32.0 Å². The summed E-state index contributed by atoms with van der Waals surface area (Å²) in [5, 5.41) is 3.79. The minimum Gasteiger partial charge on any atom is -0.479 e. The standard InChI is InChI=1S/C17H17Cl2NO2/c1-10-5-4-6-11(2)16(10)20-17(21)12(3)22-15-8-7-13(18)9-14(15)19/h4-9,12H,1-3H3,(H,20,21)/t12-/m0/s1. The number of hydrogen-bond donors (Lipinski definition) is 1. The minimum atomic E-state index is -0.683. The highest BCUT2D eigenvalue weighted by Gasteiger charge is 2.17. The van der Waals surface area contributed by atoms with E-state index in [-0.39, 0.29) is 5.91 Å². The largest absolute Gasteiger partial charge is 0.479 e. The van der Waals surface area contributed by atoms with Crippen molar-refractivity contribution in [3.63, 3.8) is 0 Å². The van der Waals surface area contributed by atoms with Gasteiger partial charge < -0.3 is 10.1 Å². The number of hydrogen-bond acceptors (Lipinski definition) is 2. The fourth-order valence-electron chi connectivity index (χ4n) is 2.05. The van der Waals surface area contributed by atoms with Gasteiger partial charge in [0, 0.05) is 10.7 Å². The summed E-state index contributed by atoms with van der Waals surface area (Å²) in [5.74, 6) is 0.193. The van der Waals surface area contributed by atoms with Crippen LogP contribution in [0.1, 0.15) is 18.1 Å². The number of benzene rings is 2. The molecule has 0 spiro atoms. The molecular weight excluding hydrogens is 321 g/mol. The Morgan fingerprint density at radius 3 is 2.36 bits per heavy atom. The maximum absolute atomic E-state index is 12.3. The quantitative estimate of drug-likeness (QED) is 0.850. The molecule has 0 aromatic heterocycles. The predicted molar refractivity (Wildman–Crippen MR) is 91.1 cm³/mol. The first kappa shape index (κ1) is 16.7. The van der Waals surface area contributed by atoms with Gasteiger partial charge in [0.1, 0.15) is 5.75 Å². The molecule has 0 fully saturated rings. The number of carbonyl (C=O) groups is 1. The van der Waals surface area contributed by atoms with E-state index >= 15 is 0 Å². The van der Waals surface area contributed by atoms with Crippen molar-refractivity contribution in [1.29, 1.82) is 0 Å². The number of amides is 1. The van der Waals surface area contributed by atoms with Crippen LogP contribution in [-0.4, -0.2) is 12.0 Å². The smallest absolute Gasteiger partial charge is 0.265 e. The van der Waals surface area contributed by atoms with Gasteiger partial charge in [-0.2, -0.15) is 0 Å². The normalized spacial score (nSPS) is 11.9. The first-order valence-corrected chi connectivity index (χ1v) is 7.63. The SMILES string of the molecule is Cc1cccc(C)c1NC(=O)[C@H](C)Oc1ccc(Cl)cc1Cl. The molecule has 1 amide bonds. The first-order valence-electron chi connectivity index (χ1n) is 6.87. The molecule has 1 atom stereocenters. The van der Waals surface area contributed by atoms with Crippen LogP contribution in [0.2, 0.25) is 10.0 Å². The fraction of sp³-hybridized carbons (Fsp3) is 0.235. The minimum absolute atomic E-state index is 0.233. The first-order chi connectivity index (χ1) is 10.4. The van der Waals surface area contributed by atoms with Gasteiger partial charge in [-0.05, 0) is 50.1 Å². The van der Waals surface area contributed by atoms with Crippen molar-refractivity contribution in [2.24, 2.45) is 0 Å². The number of nitrogens with one attached hydrogen (secondary N) is 1. The van der Waals surface area contributed by atoms with E-state index in [1.165, 1.54) is 0 Å². The van der Waals surface area contributed by atoms with Crippen LogP contribution in [0.25, 0.3) is 0 Å². The van der Waals surface area contributed by atoms with Crippen molar-refractivity contribution in [2.75, 3.05) is 5.32 Å². The molecule has 0 bridgehead atoms. The Hall–Kier alpha value is -1.71. The molecule has 2 aromatic carbocycles. The lowest BCUT2D eigenvalue weighted by atomic mass is 10.1. The Morgan fingerprint density at radius 2 is 1.77 bits per heavy atom. The Morgan fingerprint density at radius 1 is 1.14 bits per heavy atom. The number of aryl methyl sites for hydroxylation is 2. The van der Waals surface area contributed by atoms with Crippen LogP contribution in [0.3, 0.4) is 0 Å². The van der Waals surface area contributed by atoms with Gasteiger partial charge in [-0.3, -0.25) is 4.79 Å². The lowest BCUT2D eigenvalue weighted by Crippen LogP contribution is -2.30. The summed E-state index contributed by atoms with van der Waals surface area (Å²) in [6.07, 6.45) is -0.683. The number of halogens is 2. The molecular formula is C17H17Cl2NO2. The number of para-hydroxylation sites is 1. The van der Waals surface area contributed by atoms with Crippen molar-refractivity contribution in [2.45, 2.75) is 26.9 Å². The average Bonchev–Trinajstić information content (AvgIpc) is 2.45. The maximum Gasteiger partial charge on any atom is 0.265 e. The zero-order chi connectivity index (χ0) is 16.3. The van der Waals surface area contributed by atoms with Gasteiger partial charge in [0.25, 0.3) is 5.91 Å². The highest BCUT2D eigenvalue weighted by atomic mass is 35.5. The molecule has 2 rings (SSSR count). The van der Waals surface area contributed by atoms with Crippen LogP contribution in [0.4, 0.5) is 5.69 Å². The highest BCUT2D eigenvalue weighted by Crippen LogP contribution is 2.28. The Labute approximate surface area is 140 Å². The van der Waals surface area contributed by atoms with E-state index in [4.69, 9.17) is 27.9 Å². The van der Waals surface area contributed by atoms with Crippen LogP contribution in [-0.2, 0) is 4.79 Å². The molecule has 0 saturated heterocycles. The van der Waals surface area contributed by atoms with Crippen LogP contribution < -0.4 is 10.1 Å².